The Balaban J connectivity index is 2.50. The smallest absolute Gasteiger partial charge is 0.216 e. The van der Waals surface area contributed by atoms with Gasteiger partial charge >= 0.3 is 0 Å². The van der Waals surface area contributed by atoms with E-state index in [1.54, 1.807) is 6.07 Å². The van der Waals surface area contributed by atoms with Crippen LogP contribution in [0.4, 0.5) is 5.69 Å². The van der Waals surface area contributed by atoms with Crippen LogP contribution in [0.3, 0.4) is 0 Å². The van der Waals surface area contributed by atoms with Gasteiger partial charge in [-0.05, 0) is 24.1 Å². The van der Waals surface area contributed by atoms with Crippen LogP contribution < -0.4 is 11.1 Å². The van der Waals surface area contributed by atoms with Crippen LogP contribution in [-0.4, -0.2) is 17.6 Å². The Hall–Kier alpha value is -1.81. The summed E-state index contributed by atoms with van der Waals surface area (Å²) in [5.74, 6) is -0.0200. The second-order valence-electron chi connectivity index (χ2n) is 3.79. The van der Waals surface area contributed by atoms with Crippen LogP contribution in [0.5, 0.6) is 0 Å². The van der Waals surface area contributed by atoms with Gasteiger partial charge < -0.3 is 16.2 Å². The summed E-state index contributed by atoms with van der Waals surface area (Å²) in [5, 5.41) is 11.8. The predicted molar refractivity (Wildman–Crippen MR) is 69.1 cm³/mol. The third-order valence-electron chi connectivity index (χ3n) is 2.33. The highest BCUT2D eigenvalue weighted by Crippen LogP contribution is 2.15. The number of amides is 1. The van der Waals surface area contributed by atoms with Crippen molar-refractivity contribution >= 4 is 17.7 Å². The molecule has 1 rings (SSSR count). The molecule has 0 unspecified atom stereocenters. The van der Waals surface area contributed by atoms with Crippen LogP contribution in [0, 0.1) is 0 Å². The highest BCUT2D eigenvalue weighted by molar-refractivity contribution is 5.72. The van der Waals surface area contributed by atoms with Gasteiger partial charge in [0, 0.05) is 24.7 Å². The number of nitrogen functional groups attached to an aromatic ring is 1. The predicted octanol–water partition coefficient (Wildman–Crippen LogP) is 1.30. The minimum absolute atomic E-state index is 0.0200. The molecule has 1 aromatic carbocycles. The summed E-state index contributed by atoms with van der Waals surface area (Å²) in [6.45, 7) is 2.07. The lowest BCUT2D eigenvalue weighted by Crippen LogP contribution is -2.20. The van der Waals surface area contributed by atoms with E-state index < -0.39 is 0 Å². The van der Waals surface area contributed by atoms with Gasteiger partial charge in [0.1, 0.15) is 0 Å². The second kappa shape index (κ2) is 6.70. The fourth-order valence-corrected chi connectivity index (χ4v) is 1.42. The van der Waals surface area contributed by atoms with E-state index in [1.165, 1.54) is 6.92 Å². The van der Waals surface area contributed by atoms with Crippen LogP contribution in [0.2, 0.25) is 0 Å². The van der Waals surface area contributed by atoms with E-state index in [4.69, 9.17) is 10.8 Å². The van der Waals surface area contributed by atoms with Crippen molar-refractivity contribution in [3.05, 3.63) is 35.4 Å². The quantitative estimate of drug-likeness (QED) is 0.531. The number of anilines is 1. The standard InChI is InChI=1S/C13H18N2O2/c1-10(17)15-7-3-2-4-11-5-6-13(14)12(8-11)9-16/h2,4-6,8,16H,3,7,9,14H2,1H3,(H,15,17). The highest BCUT2D eigenvalue weighted by Gasteiger charge is 1.97. The van der Waals surface area contributed by atoms with Crippen molar-refractivity contribution < 1.29 is 9.90 Å². The zero-order valence-electron chi connectivity index (χ0n) is 9.94. The van der Waals surface area contributed by atoms with Crippen LogP contribution in [0.1, 0.15) is 24.5 Å². The fourth-order valence-electron chi connectivity index (χ4n) is 1.42. The normalized spacial score (nSPS) is 10.7. The van der Waals surface area contributed by atoms with Crippen molar-refractivity contribution in [2.75, 3.05) is 12.3 Å². The van der Waals surface area contributed by atoms with Crippen LogP contribution >= 0.6 is 0 Å². The molecule has 0 atom stereocenters. The van der Waals surface area contributed by atoms with Gasteiger partial charge in [-0.15, -0.1) is 0 Å². The fraction of sp³-hybridized carbons (Fsp3) is 0.308. The maximum atomic E-state index is 10.6. The summed E-state index contributed by atoms with van der Waals surface area (Å²) in [6.07, 6.45) is 4.70. The minimum Gasteiger partial charge on any atom is -0.398 e. The molecule has 0 aliphatic rings. The van der Waals surface area contributed by atoms with Gasteiger partial charge in [-0.2, -0.15) is 0 Å². The molecule has 0 radical (unpaired) electrons. The zero-order chi connectivity index (χ0) is 12.7. The van der Waals surface area contributed by atoms with Crippen molar-refractivity contribution in [2.45, 2.75) is 20.0 Å². The molecule has 0 fully saturated rings. The molecule has 1 aromatic rings. The van der Waals surface area contributed by atoms with Gasteiger partial charge in [-0.3, -0.25) is 4.79 Å². The van der Waals surface area contributed by atoms with E-state index in [-0.39, 0.29) is 12.5 Å². The third-order valence-corrected chi connectivity index (χ3v) is 2.33. The summed E-state index contributed by atoms with van der Waals surface area (Å²) in [4.78, 5) is 10.6. The monoisotopic (exact) mass is 234 g/mol. The molecular weight excluding hydrogens is 216 g/mol. The summed E-state index contributed by atoms with van der Waals surface area (Å²) in [6, 6.07) is 5.52. The van der Waals surface area contributed by atoms with Crippen molar-refractivity contribution in [1.82, 2.24) is 5.32 Å². The van der Waals surface area contributed by atoms with Crippen molar-refractivity contribution in [3.63, 3.8) is 0 Å². The Morgan fingerprint density at radius 3 is 2.94 bits per heavy atom. The number of benzene rings is 1. The van der Waals surface area contributed by atoms with Gasteiger partial charge in [0.25, 0.3) is 0 Å². The van der Waals surface area contributed by atoms with E-state index >= 15 is 0 Å². The molecule has 0 saturated carbocycles. The SMILES string of the molecule is CC(=O)NCCC=Cc1ccc(N)c(CO)c1. The van der Waals surface area contributed by atoms with Crippen molar-refractivity contribution in [2.24, 2.45) is 0 Å². The third kappa shape index (κ3) is 4.70. The van der Waals surface area contributed by atoms with Crippen LogP contribution in [0.15, 0.2) is 24.3 Å². The molecular formula is C13H18N2O2. The summed E-state index contributed by atoms with van der Waals surface area (Å²) < 4.78 is 0. The minimum atomic E-state index is -0.0561. The number of hydrogen-bond donors (Lipinski definition) is 3. The first kappa shape index (κ1) is 13.3. The molecule has 92 valence electrons. The van der Waals surface area contributed by atoms with Gasteiger partial charge in [-0.25, -0.2) is 0 Å². The Morgan fingerprint density at radius 1 is 1.53 bits per heavy atom. The van der Waals surface area contributed by atoms with Gasteiger partial charge in [-0.1, -0.05) is 18.2 Å². The molecule has 4 N–H and O–H groups in total. The first-order valence-electron chi connectivity index (χ1n) is 5.53. The van der Waals surface area contributed by atoms with E-state index in [2.05, 4.69) is 5.32 Å². The number of rotatable bonds is 5. The molecule has 0 aliphatic heterocycles. The van der Waals surface area contributed by atoms with Crippen molar-refractivity contribution in [1.29, 1.82) is 0 Å². The Kier molecular flexibility index (Phi) is 5.23. The van der Waals surface area contributed by atoms with Crippen LogP contribution in [-0.2, 0) is 11.4 Å². The van der Waals surface area contributed by atoms with E-state index in [9.17, 15) is 4.79 Å². The number of carbonyl (C=O) groups excluding carboxylic acids is 1. The topological polar surface area (TPSA) is 75.4 Å². The molecule has 0 heterocycles. The molecule has 0 bridgehead atoms. The molecule has 4 nitrogen and oxygen atoms in total. The lowest BCUT2D eigenvalue weighted by molar-refractivity contribution is -0.118. The number of hydrogen-bond acceptors (Lipinski definition) is 3. The number of aliphatic hydroxyl groups excluding tert-OH is 1. The average molecular weight is 234 g/mol. The van der Waals surface area contributed by atoms with Crippen molar-refractivity contribution in [3.8, 4) is 0 Å². The molecule has 17 heavy (non-hydrogen) atoms. The lowest BCUT2D eigenvalue weighted by Gasteiger charge is -2.03. The Bertz CT molecular complexity index is 414. The largest absolute Gasteiger partial charge is 0.398 e. The summed E-state index contributed by atoms with van der Waals surface area (Å²) >= 11 is 0. The first-order chi connectivity index (χ1) is 8.13. The summed E-state index contributed by atoms with van der Waals surface area (Å²) in [5.41, 5.74) is 8.00. The molecule has 0 aliphatic carbocycles. The molecule has 0 aromatic heterocycles. The van der Waals surface area contributed by atoms with Gasteiger partial charge in [0.05, 0.1) is 6.61 Å². The van der Waals surface area contributed by atoms with Gasteiger partial charge in [0.2, 0.25) is 5.91 Å². The van der Waals surface area contributed by atoms with E-state index in [0.29, 0.717) is 12.2 Å². The zero-order valence-corrected chi connectivity index (χ0v) is 9.94. The summed E-state index contributed by atoms with van der Waals surface area (Å²) in [7, 11) is 0. The second-order valence-corrected chi connectivity index (χ2v) is 3.79. The first-order valence-corrected chi connectivity index (χ1v) is 5.53. The van der Waals surface area contributed by atoms with Crippen LogP contribution in [0.25, 0.3) is 6.08 Å². The Morgan fingerprint density at radius 2 is 2.29 bits per heavy atom. The lowest BCUT2D eigenvalue weighted by atomic mass is 10.1. The molecule has 1 amide bonds. The maximum absolute atomic E-state index is 10.6. The highest BCUT2D eigenvalue weighted by atomic mass is 16.3. The van der Waals surface area contributed by atoms with E-state index in [1.807, 2.05) is 24.3 Å². The number of carbonyl (C=O) groups is 1. The molecule has 0 spiro atoms. The number of nitrogens with two attached hydrogens (primary N) is 1. The maximum Gasteiger partial charge on any atom is 0.216 e. The number of aliphatic hydroxyl groups is 1. The van der Waals surface area contributed by atoms with E-state index in [0.717, 1.165) is 17.5 Å². The number of nitrogens with one attached hydrogen (secondary N) is 1. The Labute approximate surface area is 101 Å². The molecule has 0 saturated heterocycles. The molecule has 4 heteroatoms. The van der Waals surface area contributed by atoms with Gasteiger partial charge in [0.15, 0.2) is 0 Å². The average Bonchev–Trinajstić information content (AvgIpc) is 2.30.